The van der Waals surface area contributed by atoms with Gasteiger partial charge in [0.2, 0.25) is 0 Å². The maximum Gasteiger partial charge on any atom is 0.285 e. The molecule has 5 aromatic rings. The van der Waals surface area contributed by atoms with Crippen molar-refractivity contribution in [3.63, 3.8) is 0 Å². The Bertz CT molecular complexity index is 1880. The van der Waals surface area contributed by atoms with Crippen LogP contribution in [0.1, 0.15) is 42.7 Å². The van der Waals surface area contributed by atoms with E-state index < -0.39 is 14.7 Å². The number of fused-ring (bicyclic) bond motifs is 6. The van der Waals surface area contributed by atoms with E-state index in [1.165, 1.54) is 0 Å². The molecular formula is C35H30O4P2. The van der Waals surface area contributed by atoms with Crippen LogP contribution in [-0.2, 0) is 9.13 Å². The zero-order valence-corrected chi connectivity index (χ0v) is 24.7. The van der Waals surface area contributed by atoms with Gasteiger partial charge in [0, 0.05) is 11.1 Å². The predicted molar refractivity (Wildman–Crippen MR) is 167 cm³/mol. The summed E-state index contributed by atoms with van der Waals surface area (Å²) in [6, 6.07) is 39.3. The molecule has 4 atom stereocenters. The van der Waals surface area contributed by atoms with Crippen LogP contribution in [0.15, 0.2) is 121 Å². The minimum absolute atomic E-state index is 0.323. The van der Waals surface area contributed by atoms with E-state index in [-0.39, 0.29) is 11.3 Å². The lowest BCUT2D eigenvalue weighted by molar-refractivity contribution is 0.475. The van der Waals surface area contributed by atoms with E-state index >= 15 is 0 Å². The molecule has 2 aliphatic heterocycles. The maximum absolute atomic E-state index is 14.8. The van der Waals surface area contributed by atoms with Gasteiger partial charge in [0.05, 0.1) is 21.9 Å². The molecule has 0 fully saturated rings. The molecule has 0 aromatic heterocycles. The summed E-state index contributed by atoms with van der Waals surface area (Å²) in [7, 11) is -6.60. The molecule has 0 radical (unpaired) electrons. The van der Waals surface area contributed by atoms with E-state index in [9.17, 15) is 9.13 Å². The van der Waals surface area contributed by atoms with Gasteiger partial charge in [-0.25, -0.2) is 0 Å². The van der Waals surface area contributed by atoms with Crippen LogP contribution in [0.3, 0.4) is 0 Å². The number of hydrogen-bond acceptors (Lipinski definition) is 4. The summed E-state index contributed by atoms with van der Waals surface area (Å²) >= 11 is 0. The molecule has 0 amide bonds. The first-order valence-corrected chi connectivity index (χ1v) is 17.4. The Labute approximate surface area is 240 Å². The fourth-order valence-corrected chi connectivity index (χ4v) is 11.7. The summed E-state index contributed by atoms with van der Waals surface area (Å²) in [5.74, 6) is 1.31. The Balaban J connectivity index is 1.25. The van der Waals surface area contributed by atoms with Gasteiger partial charge < -0.3 is 9.05 Å². The van der Waals surface area contributed by atoms with Crippen LogP contribution in [0.4, 0.5) is 0 Å². The largest absolute Gasteiger partial charge is 0.439 e. The van der Waals surface area contributed by atoms with E-state index in [1.807, 2.05) is 128 Å². The Hall–Kier alpha value is -3.84. The van der Waals surface area contributed by atoms with Crippen molar-refractivity contribution in [2.24, 2.45) is 0 Å². The molecule has 0 saturated carbocycles. The lowest BCUT2D eigenvalue weighted by Crippen LogP contribution is -2.22. The van der Waals surface area contributed by atoms with Gasteiger partial charge in [-0.05, 0) is 59.9 Å². The molecular weight excluding hydrogens is 546 g/mol. The standard InChI is InChI=1S/C35H30O4P2/c1-3-33(41(37)35-19-11-7-15-30(35)28-13-5-9-17-32(28)39-41)26-22-20-25(21-23-26)24(2)40(36)34-18-10-6-14-29(34)27-12-4-8-16-31(27)38-40/h4-24,33H,3H2,1-2H3. The average Bonchev–Trinajstić information content (AvgIpc) is 3.02. The molecule has 204 valence electrons. The Morgan fingerprint density at radius 3 is 1.49 bits per heavy atom. The summed E-state index contributed by atoms with van der Waals surface area (Å²) in [6.45, 7) is 4.02. The second-order valence-corrected chi connectivity index (χ2v) is 15.8. The van der Waals surface area contributed by atoms with Crippen molar-refractivity contribution in [1.82, 2.24) is 0 Å². The zero-order valence-electron chi connectivity index (χ0n) is 22.9. The summed E-state index contributed by atoms with van der Waals surface area (Å²) in [5, 5.41) is 1.51. The van der Waals surface area contributed by atoms with Crippen LogP contribution in [0.25, 0.3) is 22.3 Å². The maximum atomic E-state index is 14.8. The quantitative estimate of drug-likeness (QED) is 0.196. The van der Waals surface area contributed by atoms with Gasteiger partial charge >= 0.3 is 0 Å². The third-order valence-electron chi connectivity index (χ3n) is 8.41. The van der Waals surface area contributed by atoms with Crippen LogP contribution >= 0.6 is 14.7 Å². The molecule has 0 spiro atoms. The molecule has 2 aliphatic rings. The highest BCUT2D eigenvalue weighted by Crippen LogP contribution is 2.66. The molecule has 0 saturated heterocycles. The molecule has 0 bridgehead atoms. The summed E-state index contributed by atoms with van der Waals surface area (Å²) < 4.78 is 42.2. The molecule has 0 aliphatic carbocycles. The molecule has 5 aromatic carbocycles. The number of hydrogen-bond donors (Lipinski definition) is 0. The fourth-order valence-electron chi connectivity index (χ4n) is 6.26. The van der Waals surface area contributed by atoms with Gasteiger partial charge in [-0.3, -0.25) is 9.13 Å². The van der Waals surface area contributed by atoms with Crippen molar-refractivity contribution in [2.75, 3.05) is 0 Å². The van der Waals surface area contributed by atoms with E-state index in [2.05, 4.69) is 6.92 Å². The Morgan fingerprint density at radius 1 is 0.537 bits per heavy atom. The van der Waals surface area contributed by atoms with Gasteiger partial charge in [0.1, 0.15) is 11.5 Å². The molecule has 2 heterocycles. The third kappa shape index (κ3) is 4.04. The first-order valence-electron chi connectivity index (χ1n) is 14.0. The Morgan fingerprint density at radius 2 is 0.951 bits per heavy atom. The lowest BCUT2D eigenvalue weighted by atomic mass is 10.0. The van der Waals surface area contributed by atoms with E-state index in [0.717, 1.165) is 44.0 Å². The third-order valence-corrected chi connectivity index (χ3v) is 14.3. The van der Waals surface area contributed by atoms with Crippen molar-refractivity contribution in [2.45, 2.75) is 31.6 Å². The van der Waals surface area contributed by atoms with Crippen molar-refractivity contribution in [3.05, 3.63) is 132 Å². The predicted octanol–water partition coefficient (Wildman–Crippen LogP) is 9.52. The van der Waals surface area contributed by atoms with Crippen molar-refractivity contribution < 1.29 is 18.2 Å². The van der Waals surface area contributed by atoms with Gasteiger partial charge in [-0.1, -0.05) is 104 Å². The van der Waals surface area contributed by atoms with Crippen LogP contribution in [0.5, 0.6) is 11.5 Å². The monoisotopic (exact) mass is 576 g/mol. The first kappa shape index (κ1) is 26.1. The molecule has 6 heteroatoms. The second kappa shape index (κ2) is 9.91. The SMILES string of the molecule is CCC(c1ccc(C(C)P2(=O)Oc3ccccc3-c3ccccc32)cc1)P1(=O)Oc2ccccc2-c2ccccc21. The average molecular weight is 577 g/mol. The first-order chi connectivity index (χ1) is 19.9. The fraction of sp³-hybridized carbons (Fsp3) is 0.143. The van der Waals surface area contributed by atoms with Gasteiger partial charge in [-0.15, -0.1) is 0 Å². The minimum atomic E-state index is -3.31. The summed E-state index contributed by atoms with van der Waals surface area (Å²) in [5.41, 5.74) is 5.00. The molecule has 4 unspecified atom stereocenters. The zero-order chi connectivity index (χ0) is 28.2. The Kier molecular flexibility index (Phi) is 6.31. The van der Waals surface area contributed by atoms with E-state index in [4.69, 9.17) is 9.05 Å². The minimum Gasteiger partial charge on any atom is -0.439 e. The highest BCUT2D eigenvalue weighted by Gasteiger charge is 2.44. The topological polar surface area (TPSA) is 52.6 Å². The van der Waals surface area contributed by atoms with Crippen molar-refractivity contribution >= 4 is 25.3 Å². The summed E-state index contributed by atoms with van der Waals surface area (Å²) in [6.07, 6.45) is 0.647. The number of benzene rings is 5. The normalized spacial score (nSPS) is 21.6. The highest BCUT2D eigenvalue weighted by molar-refractivity contribution is 7.68. The van der Waals surface area contributed by atoms with Crippen LogP contribution < -0.4 is 19.7 Å². The molecule has 41 heavy (non-hydrogen) atoms. The number of rotatable bonds is 5. The highest BCUT2D eigenvalue weighted by atomic mass is 31.2. The molecule has 4 nitrogen and oxygen atoms in total. The van der Waals surface area contributed by atoms with E-state index in [0.29, 0.717) is 17.9 Å². The lowest BCUT2D eigenvalue weighted by Gasteiger charge is -2.34. The molecule has 7 rings (SSSR count). The van der Waals surface area contributed by atoms with Gasteiger partial charge in [-0.2, -0.15) is 0 Å². The van der Waals surface area contributed by atoms with Gasteiger partial charge in [0.25, 0.3) is 14.7 Å². The van der Waals surface area contributed by atoms with E-state index in [1.54, 1.807) is 0 Å². The second-order valence-electron chi connectivity index (χ2n) is 10.7. The number of para-hydroxylation sites is 2. The summed E-state index contributed by atoms with van der Waals surface area (Å²) in [4.78, 5) is 0. The van der Waals surface area contributed by atoms with Crippen LogP contribution in [-0.4, -0.2) is 0 Å². The van der Waals surface area contributed by atoms with Crippen LogP contribution in [0, 0.1) is 0 Å². The molecule has 0 N–H and O–H groups in total. The smallest absolute Gasteiger partial charge is 0.285 e. The van der Waals surface area contributed by atoms with Crippen molar-refractivity contribution in [3.8, 4) is 33.8 Å². The van der Waals surface area contributed by atoms with Gasteiger partial charge in [0.15, 0.2) is 0 Å². The van der Waals surface area contributed by atoms with Crippen molar-refractivity contribution in [1.29, 1.82) is 0 Å². The van der Waals surface area contributed by atoms with Crippen LogP contribution in [0.2, 0.25) is 0 Å².